The molecule has 6 nitrogen and oxygen atoms in total. The number of nitrogens with one attached hydrogen (secondary N) is 1. The van der Waals surface area contributed by atoms with Gasteiger partial charge in [-0.1, -0.05) is 43.8 Å². The summed E-state index contributed by atoms with van der Waals surface area (Å²) < 4.78 is 7.35. The van der Waals surface area contributed by atoms with Crippen molar-refractivity contribution in [3.63, 3.8) is 0 Å². The van der Waals surface area contributed by atoms with Crippen LogP contribution in [0.1, 0.15) is 42.0 Å². The van der Waals surface area contributed by atoms with Gasteiger partial charge in [0.05, 0.1) is 6.61 Å². The third-order valence-electron chi connectivity index (χ3n) is 3.95. The van der Waals surface area contributed by atoms with Crippen molar-refractivity contribution < 1.29 is 9.53 Å². The maximum atomic E-state index is 12.4. The van der Waals surface area contributed by atoms with E-state index in [9.17, 15) is 4.79 Å². The van der Waals surface area contributed by atoms with Gasteiger partial charge in [-0.25, -0.2) is 0 Å². The first-order valence-electron chi connectivity index (χ1n) is 8.88. The minimum atomic E-state index is -0.0638. The molecule has 0 bridgehead atoms. The van der Waals surface area contributed by atoms with Crippen molar-refractivity contribution in [1.82, 2.24) is 20.1 Å². The monoisotopic (exact) mass is 376 g/mol. The normalized spacial score (nSPS) is 11.1. The Balaban J connectivity index is 1.89. The van der Waals surface area contributed by atoms with Crippen molar-refractivity contribution in [3.8, 4) is 0 Å². The highest BCUT2D eigenvalue weighted by atomic mass is 32.2. The van der Waals surface area contributed by atoms with Crippen LogP contribution in [0.3, 0.4) is 0 Å². The molecule has 7 heteroatoms. The Kier molecular flexibility index (Phi) is 8.12. The average molecular weight is 377 g/mol. The lowest BCUT2D eigenvalue weighted by Crippen LogP contribution is -2.26. The first kappa shape index (κ1) is 20.5. The smallest absolute Gasteiger partial charge is 0.251 e. The van der Waals surface area contributed by atoms with Gasteiger partial charge in [-0.3, -0.25) is 4.79 Å². The summed E-state index contributed by atoms with van der Waals surface area (Å²) in [6, 6.07) is 7.52. The number of benzene rings is 1. The predicted octanol–water partition coefficient (Wildman–Crippen LogP) is 3.17. The first-order valence-corrected chi connectivity index (χ1v) is 10.1. The lowest BCUT2D eigenvalue weighted by atomic mass is 10.1. The summed E-state index contributed by atoms with van der Waals surface area (Å²) in [7, 11) is 1.63. The molecule has 0 saturated heterocycles. The van der Waals surface area contributed by atoms with Crippen LogP contribution in [0.5, 0.6) is 0 Å². The number of carbonyl (C=O) groups is 1. The standard InChI is InChI=1S/C19H28N4O2S/c1-14(2)12-23-17(21-22-19(23)26-4)10-7-11-20-18(24)16-9-6-5-8-15(16)13-25-3/h5-6,8-9,14H,7,10-13H2,1-4H3,(H,20,24). The van der Waals surface area contributed by atoms with Crippen molar-refractivity contribution >= 4 is 17.7 Å². The molecule has 1 heterocycles. The second-order valence-electron chi connectivity index (χ2n) is 6.56. The molecule has 26 heavy (non-hydrogen) atoms. The maximum Gasteiger partial charge on any atom is 0.251 e. The number of rotatable bonds is 10. The van der Waals surface area contributed by atoms with Crippen LogP contribution in [-0.4, -0.2) is 40.6 Å². The number of aryl methyl sites for hydroxylation is 1. The summed E-state index contributed by atoms with van der Waals surface area (Å²) >= 11 is 1.61. The maximum absolute atomic E-state index is 12.4. The largest absolute Gasteiger partial charge is 0.380 e. The number of carbonyl (C=O) groups excluding carboxylic acids is 1. The molecule has 1 aromatic carbocycles. The number of hydrogen-bond donors (Lipinski definition) is 1. The topological polar surface area (TPSA) is 69.0 Å². The number of thioether (sulfide) groups is 1. The minimum Gasteiger partial charge on any atom is -0.380 e. The Morgan fingerprint density at radius 3 is 2.77 bits per heavy atom. The number of nitrogens with zero attached hydrogens (tertiary/aromatic N) is 3. The fourth-order valence-electron chi connectivity index (χ4n) is 2.77. The molecule has 1 amide bonds. The van der Waals surface area contributed by atoms with E-state index in [0.717, 1.165) is 35.9 Å². The lowest BCUT2D eigenvalue weighted by molar-refractivity contribution is 0.0948. The summed E-state index contributed by atoms with van der Waals surface area (Å²) in [5.74, 6) is 1.45. The van der Waals surface area contributed by atoms with Crippen molar-refractivity contribution in [2.45, 2.75) is 45.0 Å². The second kappa shape index (κ2) is 10.3. The molecule has 2 rings (SSSR count). The zero-order valence-corrected chi connectivity index (χ0v) is 16.8. The molecule has 0 aliphatic heterocycles. The number of aromatic nitrogens is 3. The SMILES string of the molecule is COCc1ccccc1C(=O)NCCCc1nnc(SC)n1CC(C)C. The van der Waals surface area contributed by atoms with Gasteiger partial charge in [-0.2, -0.15) is 0 Å². The molecule has 142 valence electrons. The van der Waals surface area contributed by atoms with Gasteiger partial charge in [0.25, 0.3) is 5.91 Å². The second-order valence-corrected chi connectivity index (χ2v) is 7.33. The van der Waals surface area contributed by atoms with Crippen molar-refractivity contribution in [2.75, 3.05) is 19.9 Å². The molecule has 0 unspecified atom stereocenters. The van der Waals surface area contributed by atoms with Crippen LogP contribution in [0.15, 0.2) is 29.4 Å². The molecule has 0 aliphatic rings. The third kappa shape index (κ3) is 5.57. The van der Waals surface area contributed by atoms with E-state index in [-0.39, 0.29) is 5.91 Å². The van der Waals surface area contributed by atoms with Crippen LogP contribution in [0.25, 0.3) is 0 Å². The van der Waals surface area contributed by atoms with Gasteiger partial charge in [0, 0.05) is 32.2 Å². The number of methoxy groups -OCH3 is 1. The van der Waals surface area contributed by atoms with E-state index in [2.05, 4.69) is 33.9 Å². The third-order valence-corrected chi connectivity index (χ3v) is 4.62. The Labute approximate surface area is 159 Å². The van der Waals surface area contributed by atoms with Crippen LogP contribution < -0.4 is 5.32 Å². The quantitative estimate of drug-likeness (QED) is 0.509. The summed E-state index contributed by atoms with van der Waals surface area (Å²) in [5, 5.41) is 12.5. The zero-order chi connectivity index (χ0) is 18.9. The van der Waals surface area contributed by atoms with E-state index < -0.39 is 0 Å². The Morgan fingerprint density at radius 2 is 2.08 bits per heavy atom. The van der Waals surface area contributed by atoms with E-state index in [1.54, 1.807) is 18.9 Å². The summed E-state index contributed by atoms with van der Waals surface area (Å²) in [6.07, 6.45) is 3.63. The predicted molar refractivity (Wildman–Crippen MR) is 104 cm³/mol. The van der Waals surface area contributed by atoms with Crippen molar-refractivity contribution in [3.05, 3.63) is 41.2 Å². The summed E-state index contributed by atoms with van der Waals surface area (Å²) in [4.78, 5) is 12.4. The van der Waals surface area contributed by atoms with Crippen LogP contribution >= 0.6 is 11.8 Å². The number of amides is 1. The molecule has 1 aromatic heterocycles. The lowest BCUT2D eigenvalue weighted by Gasteiger charge is -2.12. The number of ether oxygens (including phenoxy) is 1. The van der Waals surface area contributed by atoms with Gasteiger partial charge in [-0.05, 0) is 30.2 Å². The van der Waals surface area contributed by atoms with E-state index in [0.29, 0.717) is 24.6 Å². The van der Waals surface area contributed by atoms with Gasteiger partial charge in [0.2, 0.25) is 0 Å². The van der Waals surface area contributed by atoms with Gasteiger partial charge < -0.3 is 14.6 Å². The fourth-order valence-corrected chi connectivity index (χ4v) is 3.29. The van der Waals surface area contributed by atoms with E-state index in [1.807, 2.05) is 30.5 Å². The fraction of sp³-hybridized carbons (Fsp3) is 0.526. The van der Waals surface area contributed by atoms with Crippen LogP contribution in [0, 0.1) is 5.92 Å². The van der Waals surface area contributed by atoms with Crippen molar-refractivity contribution in [2.24, 2.45) is 5.92 Å². The highest BCUT2D eigenvalue weighted by Gasteiger charge is 2.13. The molecule has 0 atom stereocenters. The molecular weight excluding hydrogens is 348 g/mol. The molecular formula is C19H28N4O2S. The first-order chi connectivity index (χ1) is 12.6. The number of hydrogen-bond acceptors (Lipinski definition) is 5. The van der Waals surface area contributed by atoms with Gasteiger partial charge >= 0.3 is 0 Å². The zero-order valence-electron chi connectivity index (χ0n) is 16.0. The Morgan fingerprint density at radius 1 is 1.31 bits per heavy atom. The minimum absolute atomic E-state index is 0.0638. The van der Waals surface area contributed by atoms with Crippen molar-refractivity contribution in [1.29, 1.82) is 0 Å². The van der Waals surface area contributed by atoms with Crippen LogP contribution in [0.4, 0.5) is 0 Å². The molecule has 2 aromatic rings. The van der Waals surface area contributed by atoms with Gasteiger partial charge in [0.1, 0.15) is 5.82 Å². The highest BCUT2D eigenvalue weighted by Crippen LogP contribution is 2.16. The highest BCUT2D eigenvalue weighted by molar-refractivity contribution is 7.98. The molecule has 0 radical (unpaired) electrons. The molecule has 0 aliphatic carbocycles. The Hall–Kier alpha value is -1.86. The van der Waals surface area contributed by atoms with Crippen LogP contribution in [0.2, 0.25) is 0 Å². The Bertz CT molecular complexity index is 715. The van der Waals surface area contributed by atoms with E-state index in [1.165, 1.54) is 0 Å². The average Bonchev–Trinajstić information content (AvgIpc) is 3.00. The van der Waals surface area contributed by atoms with E-state index in [4.69, 9.17) is 4.74 Å². The van der Waals surface area contributed by atoms with Gasteiger partial charge in [-0.15, -0.1) is 10.2 Å². The van der Waals surface area contributed by atoms with Gasteiger partial charge in [0.15, 0.2) is 5.16 Å². The molecule has 0 spiro atoms. The molecule has 1 N–H and O–H groups in total. The van der Waals surface area contributed by atoms with E-state index >= 15 is 0 Å². The molecule has 0 saturated carbocycles. The molecule has 0 fully saturated rings. The summed E-state index contributed by atoms with van der Waals surface area (Å²) in [6.45, 7) is 6.31. The summed E-state index contributed by atoms with van der Waals surface area (Å²) in [5.41, 5.74) is 1.57. The van der Waals surface area contributed by atoms with Crippen LogP contribution in [-0.2, 0) is 24.3 Å².